The van der Waals surface area contributed by atoms with Crippen molar-refractivity contribution in [2.24, 2.45) is 5.92 Å². The van der Waals surface area contributed by atoms with E-state index in [9.17, 15) is 5.26 Å². The monoisotopic (exact) mass is 809 g/mol. The molecule has 6 heteroatoms. The first-order valence-corrected chi connectivity index (χ1v) is 25.6. The minimum absolute atomic E-state index is 0.243. The molecule has 0 amide bonds. The van der Waals surface area contributed by atoms with Gasteiger partial charge in [0.2, 0.25) is 0 Å². The number of ketones is 1. The average Bonchev–Trinajstić information content (AvgIpc) is 3.25. The third-order valence-corrected chi connectivity index (χ3v) is 13.3. The van der Waals surface area contributed by atoms with Crippen LogP contribution in [0.15, 0.2) is 0 Å². The molecule has 0 aromatic heterocycles. The second-order valence-electron chi connectivity index (χ2n) is 18.4. The van der Waals surface area contributed by atoms with E-state index in [-0.39, 0.29) is 11.7 Å². The number of ether oxygens (including phenoxy) is 3. The van der Waals surface area contributed by atoms with E-state index in [4.69, 9.17) is 19.1 Å². The molecule has 0 heterocycles. The molecule has 1 N–H and O–H groups in total. The van der Waals surface area contributed by atoms with E-state index < -0.39 is 17.5 Å². The molecular weight excluding hydrogens is 709 g/mol. The Morgan fingerprint density at radius 3 is 1.56 bits per heavy atom. The third kappa shape index (κ3) is 23.3. The predicted octanol–water partition coefficient (Wildman–Crippen LogP) is 16.4. The highest BCUT2D eigenvalue weighted by molar-refractivity contribution is 5.90. The van der Waals surface area contributed by atoms with Crippen LogP contribution in [-0.2, 0) is 23.9 Å². The zero-order valence-corrected chi connectivity index (χ0v) is 39.5. The van der Waals surface area contributed by atoms with Gasteiger partial charge in [0.15, 0.2) is 12.1 Å². The molecular formula is C51H100O6. The van der Waals surface area contributed by atoms with Gasteiger partial charge in [-0.15, -0.1) is 0 Å². The molecule has 4 atom stereocenters. The second kappa shape index (κ2) is 36.2. The van der Waals surface area contributed by atoms with Gasteiger partial charge in [-0.25, -0.2) is 10.1 Å². The van der Waals surface area contributed by atoms with Crippen molar-refractivity contribution in [3.63, 3.8) is 0 Å². The summed E-state index contributed by atoms with van der Waals surface area (Å²) in [5.74, 6) is -0.0164. The van der Waals surface area contributed by atoms with Crippen LogP contribution < -0.4 is 0 Å². The van der Waals surface area contributed by atoms with E-state index in [0.29, 0.717) is 18.6 Å². The SMILES string of the molecule is CCCCCCC(CCCCCCCCCCC(OO)OC1(CCCCCC)CCCCCCCCCC1C(=O)C(CCC)(CCC)OC)OC(CCC)CCC. The van der Waals surface area contributed by atoms with Crippen molar-refractivity contribution in [3.05, 3.63) is 0 Å². The maximum absolute atomic E-state index is 15.1. The van der Waals surface area contributed by atoms with Crippen molar-refractivity contribution in [1.82, 2.24) is 0 Å². The Labute approximate surface area is 355 Å². The van der Waals surface area contributed by atoms with Gasteiger partial charge < -0.3 is 14.2 Å². The standard InChI is InChI=1S/C51H100O6/c1-8-14-16-29-37-46(55-45(35-10-3)36-11-4)38-30-25-21-18-19-23-27-32-40-48(57-53)56-50(43-33-17-15-9-2)44-34-28-24-20-22-26-31-39-47(50)49(52)51(54-7,41-12-5)42-13-6/h45-48,53H,8-44H2,1-7H3. The highest BCUT2D eigenvalue weighted by Gasteiger charge is 2.51. The van der Waals surface area contributed by atoms with Crippen LogP contribution in [0.2, 0.25) is 0 Å². The molecule has 0 aromatic carbocycles. The van der Waals surface area contributed by atoms with Gasteiger partial charge in [-0.3, -0.25) is 4.79 Å². The lowest BCUT2D eigenvalue weighted by Crippen LogP contribution is -2.55. The molecule has 0 aromatic rings. The van der Waals surface area contributed by atoms with E-state index in [1.165, 1.54) is 135 Å². The fraction of sp³-hybridized carbons (Fsp3) is 0.980. The van der Waals surface area contributed by atoms with Crippen molar-refractivity contribution in [1.29, 1.82) is 0 Å². The van der Waals surface area contributed by atoms with E-state index in [2.05, 4.69) is 41.5 Å². The molecule has 0 bridgehead atoms. The quantitative estimate of drug-likeness (QED) is 0.0292. The van der Waals surface area contributed by atoms with Crippen LogP contribution in [-0.4, -0.2) is 47.9 Å². The van der Waals surface area contributed by atoms with Crippen LogP contribution in [0.4, 0.5) is 0 Å². The molecule has 0 saturated heterocycles. The molecule has 1 saturated carbocycles. The summed E-state index contributed by atoms with van der Waals surface area (Å²) in [4.78, 5) is 20.3. The number of Topliss-reactive ketones (excluding diaryl/α,β-unsaturated/α-hetero) is 1. The summed E-state index contributed by atoms with van der Waals surface area (Å²) in [5.41, 5.74) is -1.43. The molecule has 4 unspecified atom stereocenters. The lowest BCUT2D eigenvalue weighted by atomic mass is 9.69. The Balaban J connectivity index is 2.89. The fourth-order valence-electron chi connectivity index (χ4n) is 10.0. The summed E-state index contributed by atoms with van der Waals surface area (Å²) in [7, 11) is 1.75. The molecule has 0 radical (unpaired) electrons. The van der Waals surface area contributed by atoms with E-state index in [0.717, 1.165) is 96.3 Å². The van der Waals surface area contributed by atoms with E-state index in [1.807, 2.05) is 0 Å². The zero-order valence-electron chi connectivity index (χ0n) is 39.5. The molecule has 57 heavy (non-hydrogen) atoms. The maximum atomic E-state index is 15.1. The summed E-state index contributed by atoms with van der Waals surface area (Å²) in [6, 6.07) is 0. The summed E-state index contributed by atoms with van der Waals surface area (Å²) >= 11 is 0. The number of unbranched alkanes of at least 4 members (excludes halogenated alkanes) is 13. The highest BCUT2D eigenvalue weighted by atomic mass is 17.1. The Hall–Kier alpha value is -0.530. The Kier molecular flexibility index (Phi) is 34.6. The smallest absolute Gasteiger partial charge is 0.191 e. The fourth-order valence-corrected chi connectivity index (χ4v) is 10.0. The predicted molar refractivity (Wildman–Crippen MR) is 243 cm³/mol. The average molecular weight is 809 g/mol. The molecule has 1 fully saturated rings. The molecule has 1 aliphatic carbocycles. The van der Waals surface area contributed by atoms with Crippen molar-refractivity contribution < 1.29 is 29.1 Å². The summed E-state index contributed by atoms with van der Waals surface area (Å²) < 4.78 is 20.1. The van der Waals surface area contributed by atoms with Gasteiger partial charge in [0.05, 0.1) is 17.8 Å². The van der Waals surface area contributed by atoms with Gasteiger partial charge in [0.1, 0.15) is 5.60 Å². The Morgan fingerprint density at radius 2 is 1.05 bits per heavy atom. The second-order valence-corrected chi connectivity index (χ2v) is 18.4. The number of carbonyl (C=O) groups is 1. The van der Waals surface area contributed by atoms with Gasteiger partial charge in [-0.1, -0.05) is 208 Å². The summed E-state index contributed by atoms with van der Waals surface area (Å²) in [6.07, 6.45) is 41.5. The summed E-state index contributed by atoms with van der Waals surface area (Å²) in [5, 5.41) is 10.3. The number of rotatable bonds is 37. The lowest BCUT2D eigenvalue weighted by molar-refractivity contribution is -0.373. The van der Waals surface area contributed by atoms with Crippen LogP contribution in [0.1, 0.15) is 279 Å². The van der Waals surface area contributed by atoms with Crippen molar-refractivity contribution >= 4 is 5.78 Å². The van der Waals surface area contributed by atoms with Gasteiger partial charge in [0, 0.05) is 19.4 Å². The van der Waals surface area contributed by atoms with Crippen molar-refractivity contribution in [2.45, 2.75) is 309 Å². The Bertz CT molecular complexity index is 883. The third-order valence-electron chi connectivity index (χ3n) is 13.3. The van der Waals surface area contributed by atoms with Gasteiger partial charge in [-0.05, 0) is 64.2 Å². The maximum Gasteiger partial charge on any atom is 0.191 e. The highest BCUT2D eigenvalue weighted by Crippen LogP contribution is 2.44. The van der Waals surface area contributed by atoms with Gasteiger partial charge in [-0.2, -0.15) is 0 Å². The number of methoxy groups -OCH3 is 1. The molecule has 1 rings (SSSR count). The first kappa shape index (κ1) is 54.5. The first-order valence-electron chi connectivity index (χ1n) is 25.6. The van der Waals surface area contributed by atoms with Crippen LogP contribution >= 0.6 is 0 Å². The normalized spacial score (nSPS) is 19.8. The minimum atomic E-state index is -0.780. The first-order chi connectivity index (χ1) is 27.8. The van der Waals surface area contributed by atoms with Gasteiger partial charge >= 0.3 is 0 Å². The molecule has 0 aliphatic heterocycles. The topological polar surface area (TPSA) is 74.2 Å². The molecule has 6 nitrogen and oxygen atoms in total. The zero-order chi connectivity index (χ0) is 41.9. The van der Waals surface area contributed by atoms with Crippen molar-refractivity contribution in [2.75, 3.05) is 7.11 Å². The molecule has 1 aliphatic rings. The summed E-state index contributed by atoms with van der Waals surface area (Å²) in [6.45, 7) is 13.5. The number of carbonyl (C=O) groups excluding carboxylic acids is 1. The number of hydrogen-bond donors (Lipinski definition) is 1. The van der Waals surface area contributed by atoms with E-state index in [1.54, 1.807) is 7.11 Å². The molecule has 0 spiro atoms. The van der Waals surface area contributed by atoms with Crippen LogP contribution in [0.5, 0.6) is 0 Å². The van der Waals surface area contributed by atoms with Crippen LogP contribution in [0.3, 0.4) is 0 Å². The lowest BCUT2D eigenvalue weighted by Gasteiger charge is -2.45. The Morgan fingerprint density at radius 1 is 0.579 bits per heavy atom. The van der Waals surface area contributed by atoms with Gasteiger partial charge in [0.25, 0.3) is 0 Å². The van der Waals surface area contributed by atoms with Crippen molar-refractivity contribution in [3.8, 4) is 0 Å². The van der Waals surface area contributed by atoms with E-state index >= 15 is 4.79 Å². The molecule has 340 valence electrons. The minimum Gasteiger partial charge on any atom is -0.375 e. The number of hydrogen-bond acceptors (Lipinski definition) is 6. The van der Waals surface area contributed by atoms with Crippen LogP contribution in [0.25, 0.3) is 0 Å². The largest absolute Gasteiger partial charge is 0.375 e. The van der Waals surface area contributed by atoms with Crippen LogP contribution in [0, 0.1) is 5.92 Å².